The van der Waals surface area contributed by atoms with Gasteiger partial charge in [0.25, 0.3) is 0 Å². The van der Waals surface area contributed by atoms with E-state index in [1.165, 1.54) is 0 Å². The predicted molar refractivity (Wildman–Crippen MR) is 44.5 cm³/mol. The molecule has 4 heteroatoms. The third-order valence-corrected chi connectivity index (χ3v) is 2.19. The molecule has 0 aromatic heterocycles. The normalized spacial score (nSPS) is 29.0. The molecule has 12 heavy (non-hydrogen) atoms. The SMILES string of the molecule is C1CN([C]2COCCO2)CCN1. The fourth-order valence-corrected chi connectivity index (χ4v) is 1.52. The van der Waals surface area contributed by atoms with E-state index in [4.69, 9.17) is 9.47 Å². The molecule has 2 aliphatic rings. The summed E-state index contributed by atoms with van der Waals surface area (Å²) in [5.41, 5.74) is 0. The second-order valence-corrected chi connectivity index (χ2v) is 3.03. The Bertz CT molecular complexity index is 115. The van der Waals surface area contributed by atoms with E-state index in [2.05, 4.69) is 10.2 Å². The van der Waals surface area contributed by atoms with Gasteiger partial charge < -0.3 is 14.8 Å². The Kier molecular flexibility index (Phi) is 2.94. The Morgan fingerprint density at radius 3 is 2.67 bits per heavy atom. The zero-order chi connectivity index (χ0) is 8.23. The molecule has 1 radical (unpaired) electrons. The lowest BCUT2D eigenvalue weighted by Crippen LogP contribution is -2.48. The first-order chi connectivity index (χ1) is 5.97. The van der Waals surface area contributed by atoms with Crippen molar-refractivity contribution in [2.75, 3.05) is 46.0 Å². The highest BCUT2D eigenvalue weighted by Gasteiger charge is 2.24. The molecule has 69 valence electrons. The van der Waals surface area contributed by atoms with Crippen LogP contribution in [0.2, 0.25) is 0 Å². The minimum absolute atomic E-state index is 0.653. The van der Waals surface area contributed by atoms with Crippen LogP contribution in [0.1, 0.15) is 0 Å². The molecule has 2 fully saturated rings. The molecule has 2 saturated heterocycles. The topological polar surface area (TPSA) is 33.7 Å². The van der Waals surface area contributed by atoms with E-state index in [1.807, 2.05) is 0 Å². The molecule has 0 amide bonds. The number of nitrogens with zero attached hydrogens (tertiary/aromatic N) is 1. The second-order valence-electron chi connectivity index (χ2n) is 3.03. The summed E-state index contributed by atoms with van der Waals surface area (Å²) < 4.78 is 10.8. The highest BCUT2D eigenvalue weighted by Crippen LogP contribution is 2.14. The van der Waals surface area contributed by atoms with Crippen LogP contribution in [-0.4, -0.2) is 50.9 Å². The van der Waals surface area contributed by atoms with Crippen LogP contribution in [0, 0.1) is 6.23 Å². The van der Waals surface area contributed by atoms with Crippen LogP contribution in [-0.2, 0) is 9.47 Å². The lowest BCUT2D eigenvalue weighted by molar-refractivity contribution is -0.0849. The van der Waals surface area contributed by atoms with Crippen LogP contribution in [0.4, 0.5) is 0 Å². The van der Waals surface area contributed by atoms with Gasteiger partial charge in [-0.05, 0) is 0 Å². The molecular formula is C8H15N2O2. The molecule has 0 saturated carbocycles. The minimum Gasteiger partial charge on any atom is -0.374 e. The molecule has 0 atom stereocenters. The lowest BCUT2D eigenvalue weighted by Gasteiger charge is -2.35. The van der Waals surface area contributed by atoms with Crippen molar-refractivity contribution >= 4 is 0 Å². The Morgan fingerprint density at radius 1 is 1.17 bits per heavy atom. The quantitative estimate of drug-likeness (QED) is 0.573. The summed E-state index contributed by atoms with van der Waals surface area (Å²) >= 11 is 0. The van der Waals surface area contributed by atoms with Crippen LogP contribution in [0.3, 0.4) is 0 Å². The van der Waals surface area contributed by atoms with Crippen LogP contribution in [0.5, 0.6) is 0 Å². The summed E-state index contributed by atoms with van der Waals surface area (Å²) in [7, 11) is 0. The summed E-state index contributed by atoms with van der Waals surface area (Å²) in [6.07, 6.45) is 1.02. The fraction of sp³-hybridized carbons (Fsp3) is 0.875. The maximum Gasteiger partial charge on any atom is 0.190 e. The predicted octanol–water partition coefficient (Wildman–Crippen LogP) is -0.572. The van der Waals surface area contributed by atoms with E-state index >= 15 is 0 Å². The van der Waals surface area contributed by atoms with E-state index in [1.54, 1.807) is 0 Å². The largest absolute Gasteiger partial charge is 0.374 e. The van der Waals surface area contributed by atoms with Crippen molar-refractivity contribution in [3.63, 3.8) is 0 Å². The van der Waals surface area contributed by atoms with E-state index in [-0.39, 0.29) is 0 Å². The highest BCUT2D eigenvalue weighted by atomic mass is 16.6. The first-order valence-corrected chi connectivity index (χ1v) is 4.49. The monoisotopic (exact) mass is 171 g/mol. The molecule has 0 aliphatic carbocycles. The van der Waals surface area contributed by atoms with Gasteiger partial charge in [0.15, 0.2) is 6.23 Å². The van der Waals surface area contributed by atoms with Crippen molar-refractivity contribution in [3.05, 3.63) is 6.23 Å². The molecule has 2 rings (SSSR count). The number of hydrogen-bond acceptors (Lipinski definition) is 4. The highest BCUT2D eigenvalue weighted by molar-refractivity contribution is 4.84. The van der Waals surface area contributed by atoms with Gasteiger partial charge in [-0.15, -0.1) is 0 Å². The van der Waals surface area contributed by atoms with Crippen LogP contribution in [0.25, 0.3) is 0 Å². The molecule has 1 N–H and O–H groups in total. The van der Waals surface area contributed by atoms with Crippen molar-refractivity contribution < 1.29 is 9.47 Å². The van der Waals surface area contributed by atoms with Crippen LogP contribution in [0.15, 0.2) is 0 Å². The van der Waals surface area contributed by atoms with E-state index in [0.717, 1.165) is 39.0 Å². The Balaban J connectivity index is 1.80. The summed E-state index contributed by atoms with van der Waals surface area (Å²) in [5.74, 6) is 0. The number of hydrogen-bond donors (Lipinski definition) is 1. The number of piperazine rings is 1. The molecular weight excluding hydrogens is 156 g/mol. The van der Waals surface area contributed by atoms with Gasteiger partial charge in [-0.1, -0.05) is 0 Å². The average molecular weight is 171 g/mol. The van der Waals surface area contributed by atoms with E-state index < -0.39 is 0 Å². The maximum absolute atomic E-state index is 5.51. The number of rotatable bonds is 1. The second kappa shape index (κ2) is 4.18. The summed E-state index contributed by atoms with van der Waals surface area (Å²) in [6, 6.07) is 0. The summed E-state index contributed by atoms with van der Waals surface area (Å²) in [5, 5.41) is 3.30. The average Bonchev–Trinajstić information content (AvgIpc) is 2.21. The Hall–Kier alpha value is -0.160. The zero-order valence-electron chi connectivity index (χ0n) is 7.21. The van der Waals surface area contributed by atoms with Crippen molar-refractivity contribution in [2.45, 2.75) is 0 Å². The van der Waals surface area contributed by atoms with Gasteiger partial charge in [0.05, 0.1) is 19.8 Å². The Labute approximate surface area is 72.8 Å². The first-order valence-electron chi connectivity index (χ1n) is 4.49. The number of nitrogens with one attached hydrogen (secondary N) is 1. The minimum atomic E-state index is 0.653. The Morgan fingerprint density at radius 2 is 2.00 bits per heavy atom. The zero-order valence-corrected chi connectivity index (χ0v) is 7.21. The molecule has 2 heterocycles. The molecule has 0 bridgehead atoms. The molecule has 0 aromatic carbocycles. The van der Waals surface area contributed by atoms with Crippen molar-refractivity contribution in [3.8, 4) is 0 Å². The van der Waals surface area contributed by atoms with E-state index in [9.17, 15) is 0 Å². The van der Waals surface area contributed by atoms with Gasteiger partial charge in [-0.25, -0.2) is 0 Å². The fourth-order valence-electron chi connectivity index (χ4n) is 1.52. The molecule has 0 aromatic rings. The maximum atomic E-state index is 5.51. The third kappa shape index (κ3) is 1.95. The van der Waals surface area contributed by atoms with Crippen LogP contribution >= 0.6 is 0 Å². The molecule has 0 unspecified atom stereocenters. The smallest absolute Gasteiger partial charge is 0.190 e. The molecule has 0 spiro atoms. The first kappa shape index (κ1) is 8.44. The molecule has 2 aliphatic heterocycles. The van der Waals surface area contributed by atoms with Crippen molar-refractivity contribution in [1.29, 1.82) is 0 Å². The summed E-state index contributed by atoms with van der Waals surface area (Å²) in [6.45, 7) is 6.27. The van der Waals surface area contributed by atoms with Gasteiger partial charge in [0.1, 0.15) is 0 Å². The van der Waals surface area contributed by atoms with Crippen molar-refractivity contribution in [2.24, 2.45) is 0 Å². The lowest BCUT2D eigenvalue weighted by atomic mass is 10.3. The number of ether oxygens (including phenoxy) is 2. The van der Waals surface area contributed by atoms with Gasteiger partial charge >= 0.3 is 0 Å². The van der Waals surface area contributed by atoms with Crippen molar-refractivity contribution in [1.82, 2.24) is 10.2 Å². The van der Waals surface area contributed by atoms with E-state index in [0.29, 0.717) is 13.2 Å². The van der Waals surface area contributed by atoms with Gasteiger partial charge in [-0.3, -0.25) is 4.90 Å². The third-order valence-electron chi connectivity index (χ3n) is 2.19. The van der Waals surface area contributed by atoms with Crippen LogP contribution < -0.4 is 5.32 Å². The van der Waals surface area contributed by atoms with Gasteiger partial charge in [-0.2, -0.15) is 0 Å². The standard InChI is InChI=1S/C8H15N2O2/c1-3-10(4-2-9-1)8-7-11-5-6-12-8/h9H,1-7H2. The molecule has 4 nitrogen and oxygen atoms in total. The van der Waals surface area contributed by atoms with Gasteiger partial charge in [0, 0.05) is 26.2 Å². The summed E-state index contributed by atoms with van der Waals surface area (Å²) in [4.78, 5) is 2.26. The van der Waals surface area contributed by atoms with Gasteiger partial charge in [0.2, 0.25) is 0 Å².